The number of aryl methyl sites for hydroxylation is 2. The number of nitrogens with zero attached hydrogens (tertiary/aromatic N) is 3. The summed E-state index contributed by atoms with van der Waals surface area (Å²) in [7, 11) is 0. The van der Waals surface area contributed by atoms with E-state index >= 15 is 0 Å². The quantitative estimate of drug-likeness (QED) is 0.851. The summed E-state index contributed by atoms with van der Waals surface area (Å²) in [5.41, 5.74) is 3.49. The number of thioether (sulfide) groups is 1. The minimum absolute atomic E-state index is 0.189. The molecular weight excluding hydrogens is 274 g/mol. The van der Waals surface area contributed by atoms with Crippen LogP contribution in [0.1, 0.15) is 18.2 Å². The van der Waals surface area contributed by atoms with Crippen molar-refractivity contribution in [3.05, 3.63) is 26.5 Å². The van der Waals surface area contributed by atoms with Crippen LogP contribution >= 0.6 is 23.1 Å². The summed E-state index contributed by atoms with van der Waals surface area (Å²) in [5.74, 6) is 1.00. The van der Waals surface area contributed by atoms with Crippen LogP contribution in [0.3, 0.4) is 0 Å². The molecule has 3 nitrogen and oxygen atoms in total. The van der Waals surface area contributed by atoms with Gasteiger partial charge in [0.05, 0.1) is 10.0 Å². The van der Waals surface area contributed by atoms with Gasteiger partial charge < -0.3 is 4.40 Å². The van der Waals surface area contributed by atoms with Gasteiger partial charge in [-0.25, -0.2) is 0 Å². The molecule has 0 saturated heterocycles. The molecule has 19 heavy (non-hydrogen) atoms. The maximum Gasteiger partial charge on any atom is 0.149 e. The lowest BCUT2D eigenvalue weighted by Crippen LogP contribution is -2.05. The molecular formula is C14H13N3S2. The first kappa shape index (κ1) is 13.7. The van der Waals surface area contributed by atoms with Crippen molar-refractivity contribution in [2.45, 2.75) is 20.8 Å². The molecule has 0 N–H and O–H groups in total. The highest BCUT2D eigenvalue weighted by atomic mass is 32.2. The summed E-state index contributed by atoms with van der Waals surface area (Å²) in [4.78, 5) is 0. The summed E-state index contributed by atoms with van der Waals surface area (Å²) in [6.45, 7) is 6.21. The maximum absolute atomic E-state index is 9.07. The third-order valence-corrected chi connectivity index (χ3v) is 4.96. The minimum atomic E-state index is 0.189. The molecule has 0 fully saturated rings. The molecule has 96 valence electrons. The highest BCUT2D eigenvalue weighted by Gasteiger charge is 2.10. The molecule has 2 heterocycles. The van der Waals surface area contributed by atoms with Gasteiger partial charge >= 0.3 is 0 Å². The monoisotopic (exact) mass is 287 g/mol. The zero-order valence-corrected chi connectivity index (χ0v) is 12.7. The van der Waals surface area contributed by atoms with Gasteiger partial charge in [0.25, 0.3) is 0 Å². The lowest BCUT2D eigenvalue weighted by atomic mass is 10.3. The van der Waals surface area contributed by atoms with Crippen LogP contribution in [0.25, 0.3) is 16.5 Å². The van der Waals surface area contributed by atoms with E-state index < -0.39 is 0 Å². The van der Waals surface area contributed by atoms with Gasteiger partial charge in [0, 0.05) is 11.1 Å². The molecule has 0 bridgehead atoms. The predicted octanol–water partition coefficient (Wildman–Crippen LogP) is 2.31. The molecule has 0 aliphatic heterocycles. The van der Waals surface area contributed by atoms with Crippen molar-refractivity contribution in [1.29, 1.82) is 10.5 Å². The standard InChI is InChI=1S/C14H13N3S2/c1-4-18-8-13-17-10(3)9(2)5-12(17)14(19-13)11(6-15)7-16/h5,8H,4H2,1-3H3/b13-8+. The summed E-state index contributed by atoms with van der Waals surface area (Å²) < 4.78 is 3.97. The Bertz CT molecular complexity index is 809. The lowest BCUT2D eigenvalue weighted by Gasteiger charge is -1.93. The van der Waals surface area contributed by atoms with E-state index in [1.807, 2.05) is 25.1 Å². The van der Waals surface area contributed by atoms with Crippen LogP contribution < -0.4 is 9.20 Å². The van der Waals surface area contributed by atoms with Crippen LogP contribution in [0.2, 0.25) is 0 Å². The Hall–Kier alpha value is -1.69. The van der Waals surface area contributed by atoms with E-state index in [1.165, 1.54) is 16.9 Å². The zero-order valence-electron chi connectivity index (χ0n) is 11.0. The third kappa shape index (κ3) is 2.28. The van der Waals surface area contributed by atoms with Crippen LogP contribution in [0.5, 0.6) is 0 Å². The van der Waals surface area contributed by atoms with Gasteiger partial charge in [-0.2, -0.15) is 10.5 Å². The molecule has 0 spiro atoms. The lowest BCUT2D eigenvalue weighted by molar-refractivity contribution is 1.09. The van der Waals surface area contributed by atoms with E-state index in [9.17, 15) is 0 Å². The largest absolute Gasteiger partial charge is 0.304 e. The fourth-order valence-corrected chi connectivity index (χ4v) is 3.72. The second-order valence-corrected chi connectivity index (χ2v) is 6.25. The molecule has 0 amide bonds. The predicted molar refractivity (Wildman–Crippen MR) is 81.2 cm³/mol. The van der Waals surface area contributed by atoms with Crippen molar-refractivity contribution in [3.8, 4) is 12.1 Å². The van der Waals surface area contributed by atoms with E-state index in [1.54, 1.807) is 11.8 Å². The molecule has 0 saturated carbocycles. The molecule has 2 rings (SSSR count). The van der Waals surface area contributed by atoms with Crippen molar-refractivity contribution in [3.63, 3.8) is 0 Å². The van der Waals surface area contributed by atoms with Gasteiger partial charge in [-0.05, 0) is 31.2 Å². The van der Waals surface area contributed by atoms with E-state index in [0.717, 1.165) is 26.2 Å². The first-order valence-corrected chi connectivity index (χ1v) is 7.74. The van der Waals surface area contributed by atoms with Gasteiger partial charge in [-0.3, -0.25) is 0 Å². The zero-order chi connectivity index (χ0) is 14.0. The summed E-state index contributed by atoms with van der Waals surface area (Å²) in [6.07, 6.45) is 0. The minimum Gasteiger partial charge on any atom is -0.304 e. The Labute approximate surface area is 120 Å². The summed E-state index contributed by atoms with van der Waals surface area (Å²) in [5, 5.41) is 20.2. The van der Waals surface area contributed by atoms with Crippen LogP contribution in [0, 0.1) is 36.5 Å². The van der Waals surface area contributed by atoms with Gasteiger partial charge in [0.1, 0.15) is 22.4 Å². The fraction of sp³-hybridized carbons (Fsp3) is 0.286. The fourth-order valence-electron chi connectivity index (χ4n) is 1.92. The number of rotatable bonds is 2. The molecule has 0 radical (unpaired) electrons. The molecule has 2 aromatic heterocycles. The molecule has 0 atom stereocenters. The van der Waals surface area contributed by atoms with Crippen LogP contribution in [-0.4, -0.2) is 10.2 Å². The van der Waals surface area contributed by atoms with Crippen LogP contribution in [0.15, 0.2) is 6.07 Å². The average Bonchev–Trinajstić information content (AvgIpc) is 2.89. The van der Waals surface area contributed by atoms with E-state index in [0.29, 0.717) is 0 Å². The Morgan fingerprint density at radius 3 is 2.68 bits per heavy atom. The maximum atomic E-state index is 9.07. The molecule has 0 aliphatic carbocycles. The summed E-state index contributed by atoms with van der Waals surface area (Å²) >= 11 is 3.23. The number of nitriles is 2. The van der Waals surface area contributed by atoms with Gasteiger partial charge in [-0.15, -0.1) is 23.1 Å². The van der Waals surface area contributed by atoms with E-state index in [2.05, 4.69) is 23.7 Å². The van der Waals surface area contributed by atoms with E-state index in [-0.39, 0.29) is 5.57 Å². The number of hydrogen-bond donors (Lipinski definition) is 0. The highest BCUT2D eigenvalue weighted by Crippen LogP contribution is 2.13. The Morgan fingerprint density at radius 1 is 1.42 bits per heavy atom. The Morgan fingerprint density at radius 2 is 2.11 bits per heavy atom. The first-order chi connectivity index (χ1) is 9.13. The Kier molecular flexibility index (Phi) is 3.99. The molecule has 0 unspecified atom stereocenters. The normalized spacial score (nSPS) is 11.5. The van der Waals surface area contributed by atoms with Gasteiger partial charge in [-0.1, -0.05) is 6.92 Å². The second-order valence-electron chi connectivity index (χ2n) is 4.07. The van der Waals surface area contributed by atoms with Crippen LogP contribution in [0.4, 0.5) is 0 Å². The van der Waals surface area contributed by atoms with Gasteiger partial charge in [0.15, 0.2) is 0 Å². The van der Waals surface area contributed by atoms with E-state index in [4.69, 9.17) is 10.5 Å². The highest BCUT2D eigenvalue weighted by molar-refractivity contribution is 8.06. The molecule has 2 aromatic rings. The third-order valence-electron chi connectivity index (χ3n) is 2.96. The van der Waals surface area contributed by atoms with Crippen molar-refractivity contribution in [2.24, 2.45) is 0 Å². The summed E-state index contributed by atoms with van der Waals surface area (Å²) in [6, 6.07) is 6.03. The number of aromatic nitrogens is 1. The van der Waals surface area contributed by atoms with Crippen molar-refractivity contribution in [1.82, 2.24) is 4.40 Å². The number of thiazole rings is 1. The van der Waals surface area contributed by atoms with Crippen molar-refractivity contribution in [2.75, 3.05) is 5.75 Å². The van der Waals surface area contributed by atoms with Crippen LogP contribution in [-0.2, 0) is 0 Å². The smallest absolute Gasteiger partial charge is 0.149 e. The molecule has 5 heteroatoms. The second kappa shape index (κ2) is 5.52. The van der Waals surface area contributed by atoms with Crippen molar-refractivity contribution >= 4 is 39.6 Å². The topological polar surface area (TPSA) is 52.0 Å². The molecule has 0 aliphatic rings. The van der Waals surface area contributed by atoms with Crippen molar-refractivity contribution < 1.29 is 0 Å². The SMILES string of the molecule is CCS/C=c1/sc(=C(C#N)C#N)c2cc(C)c(C)n12. The Balaban J connectivity index is 3.00. The number of hydrogen-bond acceptors (Lipinski definition) is 4. The first-order valence-electron chi connectivity index (χ1n) is 5.87. The van der Waals surface area contributed by atoms with Gasteiger partial charge in [0.2, 0.25) is 0 Å². The average molecular weight is 287 g/mol. The molecule has 0 aromatic carbocycles. The number of fused-ring (bicyclic) bond motifs is 1.